The van der Waals surface area contributed by atoms with Gasteiger partial charge in [0.2, 0.25) is 5.89 Å². The Morgan fingerprint density at radius 2 is 2.26 bits per heavy atom. The summed E-state index contributed by atoms with van der Waals surface area (Å²) < 4.78 is 5.76. The Labute approximate surface area is 139 Å². The van der Waals surface area contributed by atoms with E-state index >= 15 is 0 Å². The number of hydrogen-bond donors (Lipinski definition) is 1. The lowest BCUT2D eigenvalue weighted by Gasteiger charge is -2.30. The van der Waals surface area contributed by atoms with Crippen molar-refractivity contribution in [3.8, 4) is 0 Å². The molecular weight excluding hydrogens is 288 g/mol. The molecule has 1 aliphatic carbocycles. The van der Waals surface area contributed by atoms with Crippen LogP contribution in [-0.2, 0) is 5.41 Å². The number of fused-ring (bicyclic) bond motifs is 1. The molecule has 0 bridgehead atoms. The van der Waals surface area contributed by atoms with Gasteiger partial charge in [-0.25, -0.2) is 0 Å². The first-order valence-corrected chi connectivity index (χ1v) is 9.28. The van der Waals surface area contributed by atoms with Gasteiger partial charge in [-0.05, 0) is 37.1 Å². The molecule has 1 aromatic heterocycles. The van der Waals surface area contributed by atoms with Crippen molar-refractivity contribution in [3.63, 3.8) is 0 Å². The van der Waals surface area contributed by atoms with E-state index in [1.54, 1.807) is 0 Å². The summed E-state index contributed by atoms with van der Waals surface area (Å²) in [6.45, 7) is 12.5. The summed E-state index contributed by atoms with van der Waals surface area (Å²) in [5, 5.41) is 7.77. The molecule has 4 rings (SSSR count). The summed E-state index contributed by atoms with van der Waals surface area (Å²) in [6.07, 6.45) is 5.11. The minimum absolute atomic E-state index is 0.128. The van der Waals surface area contributed by atoms with Crippen LogP contribution >= 0.6 is 0 Å². The van der Waals surface area contributed by atoms with Crippen molar-refractivity contribution in [3.05, 3.63) is 11.7 Å². The van der Waals surface area contributed by atoms with E-state index in [1.165, 1.54) is 45.3 Å². The van der Waals surface area contributed by atoms with E-state index in [0.717, 1.165) is 24.8 Å². The lowest BCUT2D eigenvalue weighted by Crippen LogP contribution is -2.38. The van der Waals surface area contributed by atoms with Crippen molar-refractivity contribution in [2.24, 2.45) is 11.3 Å². The maximum atomic E-state index is 5.76. The highest BCUT2D eigenvalue weighted by Gasteiger charge is 2.54. The zero-order chi connectivity index (χ0) is 16.1. The van der Waals surface area contributed by atoms with Crippen molar-refractivity contribution in [2.45, 2.75) is 57.8 Å². The fourth-order valence-electron chi connectivity index (χ4n) is 5.08. The Morgan fingerprint density at radius 3 is 2.96 bits per heavy atom. The number of nitrogens with one attached hydrogen (secondary N) is 1. The summed E-state index contributed by atoms with van der Waals surface area (Å²) >= 11 is 0. The topological polar surface area (TPSA) is 54.2 Å². The van der Waals surface area contributed by atoms with Crippen LogP contribution in [0.4, 0.5) is 0 Å². The molecule has 1 N–H and O–H groups in total. The molecule has 1 saturated carbocycles. The highest BCUT2D eigenvalue weighted by Crippen LogP contribution is 2.50. The number of nitrogens with zero attached hydrogens (tertiary/aromatic N) is 3. The molecule has 0 aromatic carbocycles. The summed E-state index contributed by atoms with van der Waals surface area (Å²) in [5.41, 5.74) is 0.556. The van der Waals surface area contributed by atoms with E-state index in [2.05, 4.69) is 36.1 Å². The molecule has 2 saturated heterocycles. The zero-order valence-electron chi connectivity index (χ0n) is 14.8. The van der Waals surface area contributed by atoms with Gasteiger partial charge in [0, 0.05) is 32.1 Å². The first kappa shape index (κ1) is 15.6. The predicted octanol–water partition coefficient (Wildman–Crippen LogP) is 2.55. The van der Waals surface area contributed by atoms with Gasteiger partial charge in [-0.3, -0.25) is 0 Å². The minimum Gasteiger partial charge on any atom is -0.339 e. The molecule has 5 heteroatoms. The molecule has 3 fully saturated rings. The Bertz CT molecular complexity index is 563. The molecule has 1 unspecified atom stereocenters. The van der Waals surface area contributed by atoms with Gasteiger partial charge < -0.3 is 14.7 Å². The van der Waals surface area contributed by atoms with Crippen LogP contribution in [0.15, 0.2) is 4.52 Å². The van der Waals surface area contributed by atoms with Crippen LogP contribution < -0.4 is 5.32 Å². The molecular formula is C18H30N4O. The molecule has 5 nitrogen and oxygen atoms in total. The zero-order valence-corrected chi connectivity index (χ0v) is 14.8. The van der Waals surface area contributed by atoms with Gasteiger partial charge in [0.25, 0.3) is 0 Å². The van der Waals surface area contributed by atoms with Gasteiger partial charge in [-0.2, -0.15) is 4.98 Å². The molecule has 0 amide bonds. The van der Waals surface area contributed by atoms with Crippen molar-refractivity contribution in [2.75, 3.05) is 32.7 Å². The second-order valence-corrected chi connectivity index (χ2v) is 8.76. The van der Waals surface area contributed by atoms with Crippen molar-refractivity contribution in [1.82, 2.24) is 20.4 Å². The van der Waals surface area contributed by atoms with Gasteiger partial charge in [-0.15, -0.1) is 0 Å². The molecule has 2 aliphatic heterocycles. The van der Waals surface area contributed by atoms with Crippen LogP contribution in [0.1, 0.15) is 64.1 Å². The summed E-state index contributed by atoms with van der Waals surface area (Å²) in [7, 11) is 0. The molecule has 128 valence electrons. The number of rotatable bonds is 4. The van der Waals surface area contributed by atoms with E-state index in [1.807, 2.05) is 0 Å². The highest BCUT2D eigenvalue weighted by molar-refractivity contribution is 5.18. The van der Waals surface area contributed by atoms with Crippen LogP contribution in [0.25, 0.3) is 0 Å². The third-order valence-electron chi connectivity index (χ3n) is 6.39. The second kappa shape index (κ2) is 5.55. The third kappa shape index (κ3) is 2.62. The lowest BCUT2D eigenvalue weighted by molar-refractivity contribution is 0.187. The third-order valence-corrected chi connectivity index (χ3v) is 6.39. The fourth-order valence-corrected chi connectivity index (χ4v) is 5.08. The summed E-state index contributed by atoms with van der Waals surface area (Å²) in [4.78, 5) is 7.47. The molecule has 23 heavy (non-hydrogen) atoms. The maximum absolute atomic E-state index is 5.76. The van der Waals surface area contributed by atoms with Gasteiger partial charge >= 0.3 is 0 Å². The normalized spacial score (nSPS) is 37.8. The Hall–Kier alpha value is -0.940. The molecule has 0 spiro atoms. The number of hydrogen-bond acceptors (Lipinski definition) is 5. The largest absolute Gasteiger partial charge is 0.339 e. The maximum Gasteiger partial charge on any atom is 0.234 e. The predicted molar refractivity (Wildman–Crippen MR) is 89.4 cm³/mol. The van der Waals surface area contributed by atoms with E-state index < -0.39 is 0 Å². The van der Waals surface area contributed by atoms with Crippen LogP contribution in [0.3, 0.4) is 0 Å². The van der Waals surface area contributed by atoms with Crippen molar-refractivity contribution >= 4 is 0 Å². The van der Waals surface area contributed by atoms with Gasteiger partial charge in [-0.1, -0.05) is 32.3 Å². The Morgan fingerprint density at radius 1 is 1.39 bits per heavy atom. The Balaban J connectivity index is 1.54. The summed E-state index contributed by atoms with van der Waals surface area (Å²) in [6, 6.07) is 0. The molecule has 3 heterocycles. The van der Waals surface area contributed by atoms with E-state index in [0.29, 0.717) is 17.3 Å². The molecule has 0 radical (unpaired) electrons. The summed E-state index contributed by atoms with van der Waals surface area (Å²) in [5.74, 6) is 2.82. The monoisotopic (exact) mass is 318 g/mol. The average Bonchev–Trinajstić information content (AvgIpc) is 3.20. The first-order valence-electron chi connectivity index (χ1n) is 9.28. The van der Waals surface area contributed by atoms with E-state index in [9.17, 15) is 0 Å². The quantitative estimate of drug-likeness (QED) is 0.924. The van der Waals surface area contributed by atoms with Crippen molar-refractivity contribution < 1.29 is 4.52 Å². The smallest absolute Gasteiger partial charge is 0.234 e. The Kier molecular flexibility index (Phi) is 3.76. The SMILES string of the molecule is CC(C)c1noc([C@@]23CCC[C@@H]2CN(CC2(C)CCNC2)C3)n1. The van der Waals surface area contributed by atoms with E-state index in [-0.39, 0.29) is 5.41 Å². The standard InChI is InChI=1S/C18H30N4O/c1-13(2)15-20-16(23-21-15)18-6-4-5-14(18)9-22(12-18)11-17(3)7-8-19-10-17/h13-14,19H,4-12H2,1-3H3/t14-,17?,18-/m1/s1. The van der Waals surface area contributed by atoms with Gasteiger partial charge in [0.15, 0.2) is 5.82 Å². The van der Waals surface area contributed by atoms with Crippen LogP contribution in [0, 0.1) is 11.3 Å². The second-order valence-electron chi connectivity index (χ2n) is 8.76. The van der Waals surface area contributed by atoms with E-state index in [4.69, 9.17) is 9.51 Å². The van der Waals surface area contributed by atoms with Gasteiger partial charge in [0.1, 0.15) is 0 Å². The molecule has 3 atom stereocenters. The lowest BCUT2D eigenvalue weighted by atomic mass is 9.80. The van der Waals surface area contributed by atoms with Crippen LogP contribution in [0.2, 0.25) is 0 Å². The van der Waals surface area contributed by atoms with Crippen LogP contribution in [0.5, 0.6) is 0 Å². The number of aromatic nitrogens is 2. The van der Waals surface area contributed by atoms with Gasteiger partial charge in [0.05, 0.1) is 5.41 Å². The molecule has 3 aliphatic rings. The average molecular weight is 318 g/mol. The van der Waals surface area contributed by atoms with Crippen LogP contribution in [-0.4, -0.2) is 47.8 Å². The number of likely N-dealkylation sites (tertiary alicyclic amines) is 1. The first-order chi connectivity index (χ1) is 11.0. The minimum atomic E-state index is 0.128. The van der Waals surface area contributed by atoms with Crippen molar-refractivity contribution in [1.29, 1.82) is 0 Å². The molecule has 1 aromatic rings. The fraction of sp³-hybridized carbons (Fsp3) is 0.889. The highest BCUT2D eigenvalue weighted by atomic mass is 16.5.